The number of rotatable bonds is 9. The van der Waals surface area contributed by atoms with E-state index in [4.69, 9.17) is 10.2 Å². The number of unbranched alkanes of at least 4 members (excludes halogenated alkanes) is 5. The molecule has 1 aromatic rings. The minimum Gasteiger partial charge on any atom is -0.467 e. The zero-order valence-electron chi connectivity index (χ0n) is 11.3. The highest BCUT2D eigenvalue weighted by Crippen LogP contribution is 2.04. The Kier molecular flexibility index (Phi) is 7.77. The van der Waals surface area contributed by atoms with Gasteiger partial charge in [-0.25, -0.2) is 4.99 Å². The van der Waals surface area contributed by atoms with Gasteiger partial charge in [0.25, 0.3) is 0 Å². The number of aliphatic imine (C=N–C) groups is 1. The molecule has 0 aliphatic carbocycles. The molecule has 0 amide bonds. The molecule has 3 N–H and O–H groups in total. The second-order valence-corrected chi connectivity index (χ2v) is 4.48. The van der Waals surface area contributed by atoms with E-state index in [1.165, 1.54) is 32.1 Å². The number of hydrogen-bond donors (Lipinski definition) is 2. The fourth-order valence-corrected chi connectivity index (χ4v) is 1.74. The second kappa shape index (κ2) is 9.57. The Hall–Kier alpha value is -1.45. The van der Waals surface area contributed by atoms with Crippen LogP contribution in [0.3, 0.4) is 0 Å². The highest BCUT2D eigenvalue weighted by Gasteiger charge is 1.95. The number of guanidine groups is 1. The molecule has 0 aromatic carbocycles. The minimum atomic E-state index is 0.500. The van der Waals surface area contributed by atoms with Crippen molar-refractivity contribution in [2.24, 2.45) is 10.7 Å². The summed E-state index contributed by atoms with van der Waals surface area (Å²) in [5.74, 6) is 1.33. The molecule has 102 valence electrons. The molecule has 0 unspecified atom stereocenters. The van der Waals surface area contributed by atoms with Gasteiger partial charge in [0.15, 0.2) is 5.96 Å². The quantitative estimate of drug-likeness (QED) is 0.403. The van der Waals surface area contributed by atoms with E-state index in [-0.39, 0.29) is 0 Å². The largest absolute Gasteiger partial charge is 0.467 e. The van der Waals surface area contributed by atoms with E-state index in [0.717, 1.165) is 18.7 Å². The van der Waals surface area contributed by atoms with Gasteiger partial charge < -0.3 is 15.5 Å². The topological polar surface area (TPSA) is 63.5 Å². The molecule has 0 atom stereocenters. The van der Waals surface area contributed by atoms with Crippen molar-refractivity contribution < 1.29 is 4.42 Å². The molecule has 4 nitrogen and oxygen atoms in total. The Morgan fingerprint density at radius 1 is 1.28 bits per heavy atom. The van der Waals surface area contributed by atoms with Gasteiger partial charge in [0.1, 0.15) is 12.3 Å². The van der Waals surface area contributed by atoms with E-state index in [2.05, 4.69) is 17.2 Å². The van der Waals surface area contributed by atoms with Gasteiger partial charge in [-0.2, -0.15) is 0 Å². The maximum atomic E-state index is 5.75. The Balaban J connectivity index is 1.99. The highest BCUT2D eigenvalue weighted by atomic mass is 16.3. The van der Waals surface area contributed by atoms with Gasteiger partial charge in [-0.15, -0.1) is 0 Å². The molecule has 1 rings (SSSR count). The first kappa shape index (κ1) is 14.6. The van der Waals surface area contributed by atoms with Crippen LogP contribution in [0, 0.1) is 0 Å². The number of nitrogens with one attached hydrogen (secondary N) is 1. The van der Waals surface area contributed by atoms with Gasteiger partial charge in [-0.1, -0.05) is 39.0 Å². The van der Waals surface area contributed by atoms with E-state index >= 15 is 0 Å². The predicted octanol–water partition coefficient (Wildman–Crippen LogP) is 3.04. The van der Waals surface area contributed by atoms with Crippen LogP contribution < -0.4 is 11.1 Å². The standard InChI is InChI=1S/C14H25N3O/c1-2-3-4-5-6-7-10-16-14(15)17-12-13-9-8-11-18-13/h8-9,11H,2-7,10,12H2,1H3,(H3,15,16,17). The molecule has 1 heterocycles. The molecule has 0 fully saturated rings. The zero-order chi connectivity index (χ0) is 13.1. The van der Waals surface area contributed by atoms with Gasteiger partial charge >= 0.3 is 0 Å². The SMILES string of the molecule is CCCCCCCCNC(N)=NCc1ccco1. The Morgan fingerprint density at radius 3 is 2.78 bits per heavy atom. The summed E-state index contributed by atoms with van der Waals surface area (Å²) in [5, 5.41) is 3.12. The predicted molar refractivity (Wildman–Crippen MR) is 75.4 cm³/mol. The van der Waals surface area contributed by atoms with Crippen molar-refractivity contribution >= 4 is 5.96 Å². The van der Waals surface area contributed by atoms with E-state index in [1.807, 2.05) is 12.1 Å². The lowest BCUT2D eigenvalue weighted by Gasteiger charge is -2.05. The van der Waals surface area contributed by atoms with E-state index < -0.39 is 0 Å². The van der Waals surface area contributed by atoms with E-state index in [0.29, 0.717) is 12.5 Å². The average Bonchev–Trinajstić information content (AvgIpc) is 2.88. The molecule has 0 spiro atoms. The van der Waals surface area contributed by atoms with Crippen LogP contribution in [0.5, 0.6) is 0 Å². The van der Waals surface area contributed by atoms with Crippen molar-refractivity contribution in [3.05, 3.63) is 24.2 Å². The van der Waals surface area contributed by atoms with Crippen molar-refractivity contribution in [3.8, 4) is 0 Å². The van der Waals surface area contributed by atoms with Gasteiger partial charge in [0.05, 0.1) is 6.26 Å². The molecular weight excluding hydrogens is 226 g/mol. The number of nitrogens with two attached hydrogens (primary N) is 1. The molecular formula is C14H25N3O. The molecule has 0 bridgehead atoms. The van der Waals surface area contributed by atoms with Crippen LogP contribution in [0.2, 0.25) is 0 Å². The summed E-state index contributed by atoms with van der Waals surface area (Å²) in [6.45, 7) is 3.64. The summed E-state index contributed by atoms with van der Waals surface area (Å²) < 4.78 is 5.17. The maximum absolute atomic E-state index is 5.75. The Morgan fingerprint density at radius 2 is 2.06 bits per heavy atom. The molecule has 4 heteroatoms. The van der Waals surface area contributed by atoms with Crippen molar-refractivity contribution in [1.29, 1.82) is 0 Å². The molecule has 1 aromatic heterocycles. The highest BCUT2D eigenvalue weighted by molar-refractivity contribution is 5.77. The van der Waals surface area contributed by atoms with Crippen molar-refractivity contribution in [2.45, 2.75) is 52.0 Å². The summed E-state index contributed by atoms with van der Waals surface area (Å²) in [5.41, 5.74) is 5.75. The fraction of sp³-hybridized carbons (Fsp3) is 0.643. The average molecular weight is 251 g/mol. The molecule has 18 heavy (non-hydrogen) atoms. The first-order valence-corrected chi connectivity index (χ1v) is 6.89. The summed E-state index contributed by atoms with van der Waals surface area (Å²) in [6, 6.07) is 3.75. The second-order valence-electron chi connectivity index (χ2n) is 4.48. The molecule has 0 aliphatic rings. The third-order valence-corrected chi connectivity index (χ3v) is 2.82. The zero-order valence-corrected chi connectivity index (χ0v) is 11.3. The fourth-order valence-electron chi connectivity index (χ4n) is 1.74. The first-order valence-electron chi connectivity index (χ1n) is 6.89. The first-order chi connectivity index (χ1) is 8.83. The van der Waals surface area contributed by atoms with Crippen LogP contribution in [0.15, 0.2) is 27.8 Å². The number of furan rings is 1. The molecule has 0 saturated heterocycles. The van der Waals surface area contributed by atoms with Crippen LogP contribution >= 0.6 is 0 Å². The summed E-state index contributed by atoms with van der Waals surface area (Å²) in [7, 11) is 0. The third kappa shape index (κ3) is 6.99. The summed E-state index contributed by atoms with van der Waals surface area (Å²) >= 11 is 0. The smallest absolute Gasteiger partial charge is 0.189 e. The monoisotopic (exact) mass is 251 g/mol. The summed E-state index contributed by atoms with van der Waals surface area (Å²) in [4.78, 5) is 4.20. The minimum absolute atomic E-state index is 0.500. The van der Waals surface area contributed by atoms with Crippen LogP contribution in [-0.2, 0) is 6.54 Å². The van der Waals surface area contributed by atoms with E-state index in [9.17, 15) is 0 Å². The summed E-state index contributed by atoms with van der Waals surface area (Å²) in [6.07, 6.45) is 9.37. The maximum Gasteiger partial charge on any atom is 0.189 e. The van der Waals surface area contributed by atoms with Gasteiger partial charge in [0, 0.05) is 6.54 Å². The number of nitrogens with zero attached hydrogens (tertiary/aromatic N) is 1. The van der Waals surface area contributed by atoms with Crippen LogP contribution in [0.1, 0.15) is 51.2 Å². The lowest BCUT2D eigenvalue weighted by atomic mass is 10.1. The molecule has 0 radical (unpaired) electrons. The van der Waals surface area contributed by atoms with Gasteiger partial charge in [-0.3, -0.25) is 0 Å². The van der Waals surface area contributed by atoms with Crippen LogP contribution in [0.4, 0.5) is 0 Å². The van der Waals surface area contributed by atoms with Crippen molar-refractivity contribution in [1.82, 2.24) is 5.32 Å². The lowest BCUT2D eigenvalue weighted by molar-refractivity contribution is 0.512. The van der Waals surface area contributed by atoms with Crippen LogP contribution in [0.25, 0.3) is 0 Å². The van der Waals surface area contributed by atoms with Crippen molar-refractivity contribution in [2.75, 3.05) is 6.54 Å². The van der Waals surface area contributed by atoms with Crippen molar-refractivity contribution in [3.63, 3.8) is 0 Å². The molecule has 0 aliphatic heterocycles. The molecule has 0 saturated carbocycles. The number of hydrogen-bond acceptors (Lipinski definition) is 2. The Labute approximate surface area is 110 Å². The van der Waals surface area contributed by atoms with Gasteiger partial charge in [-0.05, 0) is 18.6 Å². The normalized spacial score (nSPS) is 11.7. The Bertz CT molecular complexity index is 320. The van der Waals surface area contributed by atoms with E-state index in [1.54, 1.807) is 6.26 Å². The lowest BCUT2D eigenvalue weighted by Crippen LogP contribution is -2.32. The third-order valence-electron chi connectivity index (χ3n) is 2.82. The van der Waals surface area contributed by atoms with Gasteiger partial charge in [0.2, 0.25) is 0 Å². The van der Waals surface area contributed by atoms with Crippen LogP contribution in [-0.4, -0.2) is 12.5 Å².